The van der Waals surface area contributed by atoms with Crippen LogP contribution in [0.25, 0.3) is 0 Å². The van der Waals surface area contributed by atoms with Gasteiger partial charge in [0.1, 0.15) is 5.60 Å². The SMILES string of the molecule is O=C(CNC(=O)c1cccc(C(F)(F)F)c1)C[C@@H]1CCN(C2CC3CC2CC3(O)c2ccccn2)C1. The molecule has 5 rings (SSSR count). The van der Waals surface area contributed by atoms with Gasteiger partial charge in [-0.1, -0.05) is 12.1 Å². The molecule has 4 unspecified atom stereocenters. The van der Waals surface area contributed by atoms with Crippen molar-refractivity contribution in [3.63, 3.8) is 0 Å². The first-order valence-corrected chi connectivity index (χ1v) is 12.5. The van der Waals surface area contributed by atoms with Crippen LogP contribution in [0.5, 0.6) is 0 Å². The maximum atomic E-state index is 12.9. The Hall–Kier alpha value is -2.78. The number of likely N-dealkylation sites (tertiary alicyclic amines) is 1. The average Bonchev–Trinajstić information content (AvgIpc) is 3.57. The maximum absolute atomic E-state index is 12.9. The molecule has 2 bridgehead atoms. The molecule has 2 heterocycles. The average molecular weight is 502 g/mol. The predicted octanol–water partition coefficient (Wildman–Crippen LogP) is 3.80. The number of hydrogen-bond acceptors (Lipinski definition) is 5. The second-order valence-electron chi connectivity index (χ2n) is 10.5. The third-order valence-electron chi connectivity index (χ3n) is 8.22. The second-order valence-corrected chi connectivity index (χ2v) is 10.5. The number of hydrogen-bond donors (Lipinski definition) is 2. The van der Waals surface area contributed by atoms with E-state index in [0.717, 1.165) is 50.2 Å². The number of rotatable bonds is 7. The van der Waals surface area contributed by atoms with Gasteiger partial charge in [0, 0.05) is 30.8 Å². The fourth-order valence-electron chi connectivity index (χ4n) is 6.50. The normalized spacial score (nSPS) is 30.0. The topological polar surface area (TPSA) is 82.5 Å². The molecule has 1 aromatic heterocycles. The third kappa shape index (κ3) is 4.91. The molecule has 6 nitrogen and oxygen atoms in total. The first-order chi connectivity index (χ1) is 17.1. The van der Waals surface area contributed by atoms with Crippen LogP contribution < -0.4 is 5.32 Å². The highest BCUT2D eigenvalue weighted by Gasteiger charge is 2.57. The molecule has 3 fully saturated rings. The van der Waals surface area contributed by atoms with Crippen molar-refractivity contribution >= 4 is 11.7 Å². The van der Waals surface area contributed by atoms with Gasteiger partial charge in [0.15, 0.2) is 5.78 Å². The molecule has 2 aromatic rings. The summed E-state index contributed by atoms with van der Waals surface area (Å²) in [4.78, 5) is 31.6. The molecule has 1 amide bonds. The van der Waals surface area contributed by atoms with Gasteiger partial charge in [0.25, 0.3) is 5.91 Å². The lowest BCUT2D eigenvalue weighted by atomic mass is 9.79. The standard InChI is InChI=1S/C27H30F3N3O3/c28-27(29,30)20-5-3-4-18(11-20)25(35)32-15-22(34)10-17-7-9-33(16-17)23-13-21-12-19(23)14-26(21,36)24-6-1-2-8-31-24/h1-6,8,11,17,19,21,23,36H,7,9-10,12-16H2,(H,32,35)/t17-,19?,21?,23?,26?/m0/s1. The number of ketones is 1. The van der Waals surface area contributed by atoms with Gasteiger partial charge < -0.3 is 10.4 Å². The van der Waals surface area contributed by atoms with Crippen molar-refractivity contribution in [2.45, 2.75) is 49.9 Å². The lowest BCUT2D eigenvalue weighted by Crippen LogP contribution is -2.44. The van der Waals surface area contributed by atoms with Gasteiger partial charge in [-0.05, 0) is 80.3 Å². The molecular formula is C27H30F3N3O3. The molecule has 2 aliphatic carbocycles. The van der Waals surface area contributed by atoms with Gasteiger partial charge in [-0.3, -0.25) is 19.5 Å². The van der Waals surface area contributed by atoms with Gasteiger partial charge in [0.05, 0.1) is 17.8 Å². The predicted molar refractivity (Wildman–Crippen MR) is 126 cm³/mol. The van der Waals surface area contributed by atoms with Crippen molar-refractivity contribution in [1.29, 1.82) is 0 Å². The van der Waals surface area contributed by atoms with Crippen LogP contribution in [0.15, 0.2) is 48.7 Å². The molecule has 0 spiro atoms. The lowest BCUT2D eigenvalue weighted by molar-refractivity contribution is -0.137. The summed E-state index contributed by atoms with van der Waals surface area (Å²) >= 11 is 0. The van der Waals surface area contributed by atoms with Crippen LogP contribution in [-0.4, -0.2) is 52.4 Å². The first kappa shape index (κ1) is 24.9. The molecule has 1 aromatic carbocycles. The fourth-order valence-corrected chi connectivity index (χ4v) is 6.50. The second kappa shape index (κ2) is 9.59. The van der Waals surface area contributed by atoms with Crippen LogP contribution in [-0.2, 0) is 16.6 Å². The molecule has 0 radical (unpaired) electrons. The third-order valence-corrected chi connectivity index (χ3v) is 8.22. The number of halogens is 3. The zero-order chi connectivity index (χ0) is 25.5. The van der Waals surface area contributed by atoms with E-state index in [0.29, 0.717) is 24.8 Å². The maximum Gasteiger partial charge on any atom is 0.416 e. The van der Waals surface area contributed by atoms with Crippen LogP contribution in [0.2, 0.25) is 0 Å². The van der Waals surface area contributed by atoms with Gasteiger partial charge in [-0.15, -0.1) is 0 Å². The van der Waals surface area contributed by atoms with E-state index in [9.17, 15) is 27.9 Å². The number of amides is 1. The number of aromatic nitrogens is 1. The quantitative estimate of drug-likeness (QED) is 0.603. The molecule has 1 aliphatic heterocycles. The Morgan fingerprint density at radius 1 is 1.17 bits per heavy atom. The highest BCUT2D eigenvalue weighted by atomic mass is 19.4. The van der Waals surface area contributed by atoms with Crippen LogP contribution in [0.1, 0.15) is 53.7 Å². The number of pyridine rings is 1. The molecule has 2 N–H and O–H groups in total. The molecular weight excluding hydrogens is 471 g/mol. The first-order valence-electron chi connectivity index (χ1n) is 12.5. The fraction of sp³-hybridized carbons (Fsp3) is 0.519. The molecule has 2 saturated carbocycles. The minimum absolute atomic E-state index is 0.119. The number of aliphatic hydroxyl groups is 1. The molecule has 3 aliphatic rings. The van der Waals surface area contributed by atoms with Crippen molar-refractivity contribution in [3.8, 4) is 0 Å². The number of fused-ring (bicyclic) bond motifs is 2. The van der Waals surface area contributed by atoms with Crippen LogP contribution in [0, 0.1) is 17.8 Å². The van der Waals surface area contributed by atoms with Gasteiger partial charge in [-0.25, -0.2) is 0 Å². The summed E-state index contributed by atoms with van der Waals surface area (Å²) in [5.74, 6) is -0.0290. The molecule has 192 valence electrons. The Kier molecular flexibility index (Phi) is 6.63. The molecule has 36 heavy (non-hydrogen) atoms. The highest BCUT2D eigenvalue weighted by molar-refractivity contribution is 5.96. The number of Topliss-reactive ketones (excluding diaryl/α,β-unsaturated/α-hetero) is 1. The lowest BCUT2D eigenvalue weighted by Gasteiger charge is -2.39. The Morgan fingerprint density at radius 2 is 2.00 bits per heavy atom. The number of alkyl halides is 3. The monoisotopic (exact) mass is 501 g/mol. The molecule has 1 saturated heterocycles. The minimum Gasteiger partial charge on any atom is -0.383 e. The van der Waals surface area contributed by atoms with Gasteiger partial charge >= 0.3 is 6.18 Å². The number of carbonyl (C=O) groups excluding carboxylic acids is 2. The summed E-state index contributed by atoms with van der Waals surface area (Å²) in [6.45, 7) is 1.52. The number of benzene rings is 1. The largest absolute Gasteiger partial charge is 0.416 e. The number of carbonyl (C=O) groups is 2. The summed E-state index contributed by atoms with van der Waals surface area (Å²) in [5.41, 5.74) is -1.11. The number of nitrogens with zero attached hydrogens (tertiary/aromatic N) is 2. The van der Waals surface area contributed by atoms with E-state index in [1.807, 2.05) is 18.2 Å². The zero-order valence-corrected chi connectivity index (χ0v) is 19.9. The summed E-state index contributed by atoms with van der Waals surface area (Å²) in [7, 11) is 0. The smallest absolute Gasteiger partial charge is 0.383 e. The Bertz CT molecular complexity index is 1130. The van der Waals surface area contributed by atoms with E-state index in [1.165, 1.54) is 12.1 Å². The van der Waals surface area contributed by atoms with Crippen molar-refractivity contribution in [2.75, 3.05) is 19.6 Å². The van der Waals surface area contributed by atoms with E-state index in [2.05, 4.69) is 15.2 Å². The zero-order valence-electron chi connectivity index (χ0n) is 19.9. The van der Waals surface area contributed by atoms with Gasteiger partial charge in [-0.2, -0.15) is 13.2 Å². The van der Waals surface area contributed by atoms with E-state index in [1.54, 1.807) is 6.20 Å². The van der Waals surface area contributed by atoms with Crippen molar-refractivity contribution in [1.82, 2.24) is 15.2 Å². The number of nitrogens with one attached hydrogen (secondary N) is 1. The summed E-state index contributed by atoms with van der Waals surface area (Å²) in [6, 6.07) is 10.2. The Morgan fingerprint density at radius 3 is 2.69 bits per heavy atom. The van der Waals surface area contributed by atoms with Crippen LogP contribution >= 0.6 is 0 Å². The van der Waals surface area contributed by atoms with E-state index in [4.69, 9.17) is 0 Å². The van der Waals surface area contributed by atoms with Crippen LogP contribution in [0.4, 0.5) is 13.2 Å². The molecule has 5 atom stereocenters. The van der Waals surface area contributed by atoms with Crippen molar-refractivity contribution in [2.24, 2.45) is 17.8 Å². The molecule has 9 heteroatoms. The van der Waals surface area contributed by atoms with E-state index >= 15 is 0 Å². The summed E-state index contributed by atoms with van der Waals surface area (Å²) in [6.07, 6.45) is 1.03. The van der Waals surface area contributed by atoms with Crippen molar-refractivity contribution < 1.29 is 27.9 Å². The minimum atomic E-state index is -4.53. The Balaban J connectivity index is 1.09. The Labute approximate surface area is 207 Å². The van der Waals surface area contributed by atoms with Crippen LogP contribution in [0.3, 0.4) is 0 Å². The summed E-state index contributed by atoms with van der Waals surface area (Å²) in [5, 5.41) is 13.8. The highest BCUT2D eigenvalue weighted by Crippen LogP contribution is 2.56. The van der Waals surface area contributed by atoms with Crippen molar-refractivity contribution in [3.05, 3.63) is 65.5 Å². The van der Waals surface area contributed by atoms with E-state index in [-0.39, 0.29) is 29.7 Å². The summed E-state index contributed by atoms with van der Waals surface area (Å²) < 4.78 is 38.6. The van der Waals surface area contributed by atoms with Gasteiger partial charge in [0.2, 0.25) is 0 Å². The van der Waals surface area contributed by atoms with E-state index < -0.39 is 23.2 Å².